The van der Waals surface area contributed by atoms with Gasteiger partial charge in [0.2, 0.25) is 5.01 Å². The topological polar surface area (TPSA) is 26.9 Å². The van der Waals surface area contributed by atoms with Crippen LogP contribution in [0.25, 0.3) is 0 Å². The zero-order valence-corrected chi connectivity index (χ0v) is 12.1. The van der Waals surface area contributed by atoms with Gasteiger partial charge in [-0.05, 0) is 25.4 Å². The first-order valence-electron chi connectivity index (χ1n) is 6.98. The SMILES string of the molecule is C[n+]1c([C@@H]([O-])c2ccccc2)sc2c1CCCCC2. The van der Waals surface area contributed by atoms with E-state index in [0.717, 1.165) is 23.4 Å². The lowest BCUT2D eigenvalue weighted by Gasteiger charge is -2.17. The first kappa shape index (κ1) is 12.8. The highest BCUT2D eigenvalue weighted by Crippen LogP contribution is 2.29. The Labute approximate surface area is 118 Å². The third-order valence-corrected chi connectivity index (χ3v) is 5.31. The third kappa shape index (κ3) is 2.45. The number of hydrogen-bond donors (Lipinski definition) is 0. The van der Waals surface area contributed by atoms with Crippen molar-refractivity contribution in [2.24, 2.45) is 7.05 Å². The summed E-state index contributed by atoms with van der Waals surface area (Å²) in [4.78, 5) is 1.44. The van der Waals surface area contributed by atoms with Crippen LogP contribution in [0, 0.1) is 0 Å². The molecular weight excluding hydrogens is 254 g/mol. The molecule has 1 atom stereocenters. The van der Waals surface area contributed by atoms with E-state index in [1.807, 2.05) is 30.3 Å². The largest absolute Gasteiger partial charge is 0.840 e. The minimum Gasteiger partial charge on any atom is -0.840 e. The van der Waals surface area contributed by atoms with Gasteiger partial charge in [-0.25, -0.2) is 0 Å². The van der Waals surface area contributed by atoms with Crippen LogP contribution in [0.1, 0.15) is 46.5 Å². The van der Waals surface area contributed by atoms with Gasteiger partial charge in [0, 0.05) is 6.42 Å². The molecule has 3 heteroatoms. The van der Waals surface area contributed by atoms with E-state index in [1.165, 1.54) is 29.8 Å². The number of benzene rings is 1. The van der Waals surface area contributed by atoms with Crippen molar-refractivity contribution in [3.63, 3.8) is 0 Å². The summed E-state index contributed by atoms with van der Waals surface area (Å²) in [6.45, 7) is 0. The monoisotopic (exact) mass is 273 g/mol. The van der Waals surface area contributed by atoms with Gasteiger partial charge in [0.15, 0.2) is 5.69 Å². The number of rotatable bonds is 2. The molecule has 0 amide bonds. The average molecular weight is 273 g/mol. The van der Waals surface area contributed by atoms with Gasteiger partial charge in [-0.15, -0.1) is 0 Å². The van der Waals surface area contributed by atoms with Gasteiger partial charge >= 0.3 is 0 Å². The van der Waals surface area contributed by atoms with Crippen LogP contribution in [0.2, 0.25) is 0 Å². The van der Waals surface area contributed by atoms with E-state index in [9.17, 15) is 5.11 Å². The van der Waals surface area contributed by atoms with Crippen molar-refractivity contribution in [2.45, 2.75) is 38.2 Å². The molecule has 19 heavy (non-hydrogen) atoms. The fourth-order valence-corrected chi connectivity index (χ4v) is 4.18. The van der Waals surface area contributed by atoms with Gasteiger partial charge < -0.3 is 5.11 Å². The van der Waals surface area contributed by atoms with Gasteiger partial charge in [-0.1, -0.05) is 53.7 Å². The molecule has 1 heterocycles. The second-order valence-electron chi connectivity index (χ2n) is 5.22. The molecule has 1 aliphatic rings. The van der Waals surface area contributed by atoms with E-state index in [4.69, 9.17) is 0 Å². The molecule has 2 nitrogen and oxygen atoms in total. The molecule has 0 spiro atoms. The Morgan fingerprint density at radius 3 is 2.63 bits per heavy atom. The Morgan fingerprint density at radius 1 is 1.11 bits per heavy atom. The van der Waals surface area contributed by atoms with Crippen molar-refractivity contribution in [3.8, 4) is 0 Å². The van der Waals surface area contributed by atoms with Crippen LogP contribution in [0.15, 0.2) is 30.3 Å². The second-order valence-corrected chi connectivity index (χ2v) is 6.34. The van der Waals surface area contributed by atoms with Crippen molar-refractivity contribution in [3.05, 3.63) is 51.5 Å². The molecular formula is C16H19NOS. The predicted molar refractivity (Wildman–Crippen MR) is 75.0 cm³/mol. The van der Waals surface area contributed by atoms with E-state index >= 15 is 0 Å². The van der Waals surface area contributed by atoms with Gasteiger partial charge in [-0.3, -0.25) is 0 Å². The van der Waals surface area contributed by atoms with Crippen LogP contribution in [0.3, 0.4) is 0 Å². The molecule has 0 fully saturated rings. The van der Waals surface area contributed by atoms with Crippen LogP contribution in [-0.2, 0) is 19.9 Å². The van der Waals surface area contributed by atoms with Crippen LogP contribution in [0.5, 0.6) is 0 Å². The average Bonchev–Trinajstić information content (AvgIpc) is 2.64. The molecule has 0 bridgehead atoms. The van der Waals surface area contributed by atoms with Crippen LogP contribution < -0.4 is 9.67 Å². The lowest BCUT2D eigenvalue weighted by Crippen LogP contribution is -2.39. The van der Waals surface area contributed by atoms with Crippen molar-refractivity contribution < 1.29 is 9.67 Å². The maximum Gasteiger partial charge on any atom is 0.228 e. The molecule has 1 aliphatic carbocycles. The molecule has 0 radical (unpaired) electrons. The van der Waals surface area contributed by atoms with Crippen molar-refractivity contribution in [1.29, 1.82) is 0 Å². The van der Waals surface area contributed by atoms with E-state index in [2.05, 4.69) is 11.6 Å². The van der Waals surface area contributed by atoms with Gasteiger partial charge in [0.05, 0.1) is 4.88 Å². The summed E-state index contributed by atoms with van der Waals surface area (Å²) in [5.41, 5.74) is 2.27. The molecule has 2 aromatic rings. The summed E-state index contributed by atoms with van der Waals surface area (Å²) >= 11 is 1.73. The van der Waals surface area contributed by atoms with E-state index in [-0.39, 0.29) is 0 Å². The Morgan fingerprint density at radius 2 is 1.84 bits per heavy atom. The van der Waals surface area contributed by atoms with Crippen LogP contribution >= 0.6 is 11.3 Å². The Balaban J connectivity index is 1.98. The molecule has 0 aliphatic heterocycles. The fraction of sp³-hybridized carbons (Fsp3) is 0.438. The molecule has 3 rings (SSSR count). The van der Waals surface area contributed by atoms with Crippen LogP contribution in [-0.4, -0.2) is 0 Å². The fourth-order valence-electron chi connectivity index (χ4n) is 2.83. The standard InChI is InChI=1S/C16H19NOS/c1-17-13-10-6-3-7-11-14(13)19-16(17)15(18)12-8-4-2-5-9-12/h2,4-5,8-9,15H,3,6-7,10-11H2,1H3/t15-/m0/s1. The highest BCUT2D eigenvalue weighted by atomic mass is 32.1. The minimum absolute atomic E-state index is 0.747. The Kier molecular flexibility index (Phi) is 3.67. The first-order valence-corrected chi connectivity index (χ1v) is 7.80. The Bertz CT molecular complexity index is 562. The highest BCUT2D eigenvalue weighted by Gasteiger charge is 2.26. The predicted octanol–water partition coefficient (Wildman–Crippen LogP) is 2.29. The van der Waals surface area contributed by atoms with Crippen LogP contribution in [0.4, 0.5) is 0 Å². The summed E-state index contributed by atoms with van der Waals surface area (Å²) in [6.07, 6.45) is 5.37. The molecule has 0 saturated carbocycles. The maximum absolute atomic E-state index is 12.6. The zero-order valence-electron chi connectivity index (χ0n) is 11.3. The zero-order chi connectivity index (χ0) is 13.2. The molecule has 0 unspecified atom stereocenters. The molecule has 0 saturated heterocycles. The number of hydrogen-bond acceptors (Lipinski definition) is 2. The summed E-state index contributed by atoms with van der Waals surface area (Å²) in [5, 5.41) is 13.6. The number of nitrogens with zero attached hydrogens (tertiary/aromatic N) is 1. The summed E-state index contributed by atoms with van der Waals surface area (Å²) in [7, 11) is 2.06. The summed E-state index contributed by atoms with van der Waals surface area (Å²) < 4.78 is 2.16. The molecule has 0 N–H and O–H groups in total. The number of thiazole rings is 1. The first-order chi connectivity index (χ1) is 9.27. The number of aromatic nitrogens is 1. The van der Waals surface area contributed by atoms with Crippen molar-refractivity contribution in [2.75, 3.05) is 0 Å². The van der Waals surface area contributed by atoms with Crippen molar-refractivity contribution in [1.82, 2.24) is 0 Å². The second kappa shape index (κ2) is 5.43. The van der Waals surface area contributed by atoms with E-state index < -0.39 is 6.10 Å². The maximum atomic E-state index is 12.6. The van der Waals surface area contributed by atoms with Gasteiger partial charge in [0.1, 0.15) is 7.05 Å². The molecule has 1 aromatic heterocycles. The minimum atomic E-state index is -0.747. The van der Waals surface area contributed by atoms with Crippen molar-refractivity contribution >= 4 is 11.3 Å². The Hall–Kier alpha value is -1.19. The third-order valence-electron chi connectivity index (χ3n) is 3.93. The quantitative estimate of drug-likeness (QED) is 0.609. The van der Waals surface area contributed by atoms with Gasteiger partial charge in [0.25, 0.3) is 0 Å². The lowest BCUT2D eigenvalue weighted by molar-refractivity contribution is -0.693. The highest BCUT2D eigenvalue weighted by molar-refractivity contribution is 7.11. The lowest BCUT2D eigenvalue weighted by atomic mass is 10.1. The normalized spacial score (nSPS) is 16.7. The van der Waals surface area contributed by atoms with Gasteiger partial charge in [-0.2, -0.15) is 4.57 Å². The summed E-state index contributed by atoms with van der Waals surface area (Å²) in [5.74, 6) is 0. The summed E-state index contributed by atoms with van der Waals surface area (Å²) in [6, 6.07) is 9.71. The van der Waals surface area contributed by atoms with E-state index in [0.29, 0.717) is 0 Å². The molecule has 1 aromatic carbocycles. The smallest absolute Gasteiger partial charge is 0.228 e. The number of fused-ring (bicyclic) bond motifs is 1. The molecule has 100 valence electrons. The van der Waals surface area contributed by atoms with E-state index in [1.54, 1.807) is 11.3 Å². The number of aryl methyl sites for hydroxylation is 1.